The third-order valence-corrected chi connectivity index (χ3v) is 8.79. The maximum Gasteiger partial charge on any atom is 0.339 e. The lowest BCUT2D eigenvalue weighted by Crippen LogP contribution is -2.35. The molecule has 0 spiro atoms. The van der Waals surface area contributed by atoms with Crippen molar-refractivity contribution in [2.24, 2.45) is 0 Å². The Labute approximate surface area is 259 Å². The second-order valence-electron chi connectivity index (χ2n) is 11.8. The van der Waals surface area contributed by atoms with E-state index in [-0.39, 0.29) is 6.54 Å². The first kappa shape index (κ1) is 32.8. The first-order chi connectivity index (χ1) is 20.1. The van der Waals surface area contributed by atoms with Crippen LogP contribution in [0, 0.1) is 19.7 Å². The third kappa shape index (κ3) is 6.54. The Bertz CT molecular complexity index is 1670. The van der Waals surface area contributed by atoms with E-state index in [9.17, 15) is 13.2 Å². The van der Waals surface area contributed by atoms with Crippen LogP contribution in [0.2, 0.25) is 5.02 Å². The van der Waals surface area contributed by atoms with Crippen LogP contribution in [0.1, 0.15) is 68.9 Å². The fourth-order valence-corrected chi connectivity index (χ4v) is 6.73. The quantitative estimate of drug-likeness (QED) is 0.176. The van der Waals surface area contributed by atoms with Gasteiger partial charge in [0.2, 0.25) is 10.0 Å². The van der Waals surface area contributed by atoms with Crippen molar-refractivity contribution < 1.29 is 31.8 Å². The topological polar surface area (TPSA) is 82.1 Å². The van der Waals surface area contributed by atoms with Crippen molar-refractivity contribution in [2.45, 2.75) is 72.6 Å². The Morgan fingerprint density at radius 3 is 2.40 bits per heavy atom. The lowest BCUT2D eigenvalue weighted by atomic mass is 9.80. The molecule has 10 heteroatoms. The molecule has 1 aliphatic heterocycles. The number of anilines is 1. The highest BCUT2D eigenvalue weighted by Crippen LogP contribution is 2.53. The van der Waals surface area contributed by atoms with Gasteiger partial charge in [0.05, 0.1) is 37.8 Å². The van der Waals surface area contributed by atoms with E-state index in [1.807, 2.05) is 20.8 Å². The molecule has 0 aliphatic carbocycles. The zero-order chi connectivity index (χ0) is 31.9. The monoisotopic (exact) mass is 631 g/mol. The van der Waals surface area contributed by atoms with E-state index in [0.717, 1.165) is 19.1 Å². The molecule has 0 bridgehead atoms. The summed E-state index contributed by atoms with van der Waals surface area (Å²) in [6, 6.07) is 9.88. The largest absolute Gasteiger partial charge is 0.493 e. The molecule has 0 saturated heterocycles. The minimum atomic E-state index is -3.83. The summed E-state index contributed by atoms with van der Waals surface area (Å²) in [4.78, 5) is 13.5. The average Bonchev–Trinajstić information content (AvgIpc) is 2.92. The molecule has 4 rings (SSSR count). The number of esters is 1. The molecule has 1 atom stereocenters. The Morgan fingerprint density at radius 2 is 1.79 bits per heavy atom. The van der Waals surface area contributed by atoms with Gasteiger partial charge in [0, 0.05) is 27.3 Å². The Hall–Kier alpha value is -3.14. The summed E-state index contributed by atoms with van der Waals surface area (Å²) in [5, 5.41) is 0.458. The molecule has 43 heavy (non-hydrogen) atoms. The van der Waals surface area contributed by atoms with Gasteiger partial charge in [-0.25, -0.2) is 17.6 Å². The van der Waals surface area contributed by atoms with E-state index >= 15 is 4.39 Å². The van der Waals surface area contributed by atoms with Gasteiger partial charge < -0.3 is 14.2 Å². The molecule has 7 nitrogen and oxygen atoms in total. The van der Waals surface area contributed by atoms with Crippen LogP contribution >= 0.6 is 11.6 Å². The highest BCUT2D eigenvalue weighted by Gasteiger charge is 2.40. The van der Waals surface area contributed by atoms with E-state index < -0.39 is 33.5 Å². The van der Waals surface area contributed by atoms with Crippen molar-refractivity contribution in [1.29, 1.82) is 0 Å². The van der Waals surface area contributed by atoms with E-state index in [2.05, 4.69) is 6.92 Å². The number of rotatable bonds is 9. The van der Waals surface area contributed by atoms with Gasteiger partial charge >= 0.3 is 5.97 Å². The normalized spacial score (nSPS) is 13.8. The molecule has 0 amide bonds. The maximum atomic E-state index is 15.7. The molecule has 0 N–H and O–H groups in total. The number of halogens is 2. The zero-order valence-electron chi connectivity index (χ0n) is 25.9. The second-order valence-corrected chi connectivity index (χ2v) is 14.1. The molecule has 3 aromatic rings. The summed E-state index contributed by atoms with van der Waals surface area (Å²) >= 11 is 6.42. The fraction of sp³-hybridized carbons (Fsp3) is 0.424. The van der Waals surface area contributed by atoms with Crippen LogP contribution in [0.25, 0.3) is 22.3 Å². The first-order valence-electron chi connectivity index (χ1n) is 14.2. The zero-order valence-corrected chi connectivity index (χ0v) is 27.5. The van der Waals surface area contributed by atoms with E-state index in [1.165, 1.54) is 17.5 Å². The summed E-state index contributed by atoms with van der Waals surface area (Å²) in [5.41, 5.74) is 3.37. The van der Waals surface area contributed by atoms with Crippen LogP contribution in [0.15, 0.2) is 36.4 Å². The molecule has 0 radical (unpaired) electrons. The predicted molar refractivity (Wildman–Crippen MR) is 169 cm³/mol. The van der Waals surface area contributed by atoms with Gasteiger partial charge in [-0.05, 0) is 87.6 Å². The van der Waals surface area contributed by atoms with Gasteiger partial charge in [-0.3, -0.25) is 4.31 Å². The number of ether oxygens (including phenoxy) is 3. The van der Waals surface area contributed by atoms with Crippen molar-refractivity contribution in [3.63, 3.8) is 0 Å². The molecule has 1 heterocycles. The average molecular weight is 632 g/mol. The number of sulfonamides is 1. The standard InChI is InChI=1S/C33H39ClFNO6S/c1-9-10-16-41-25-17-22(34)14-15-23(25)26-19(2)27-29-21(12-11-13-24(29)35)18-36(43(8,38)39)30(27)20(3)28(26)31(32(37)40-7)42-33(4,5)6/h11-15,17,31H,9-10,16,18H2,1-8H3/t31-/m0/s1. The number of benzene rings is 3. The van der Waals surface area contributed by atoms with Crippen LogP contribution in [-0.4, -0.2) is 40.0 Å². The van der Waals surface area contributed by atoms with Crippen LogP contribution < -0.4 is 9.04 Å². The lowest BCUT2D eigenvalue weighted by Gasteiger charge is -2.37. The minimum absolute atomic E-state index is 0.0622. The Balaban J connectivity index is 2.24. The molecule has 3 aromatic carbocycles. The van der Waals surface area contributed by atoms with E-state index in [4.69, 9.17) is 25.8 Å². The summed E-state index contributed by atoms with van der Waals surface area (Å²) in [6.45, 7) is 11.4. The molecule has 0 saturated carbocycles. The predicted octanol–water partition coefficient (Wildman–Crippen LogP) is 7.92. The van der Waals surface area contributed by atoms with Gasteiger partial charge in [0.1, 0.15) is 11.6 Å². The van der Waals surface area contributed by atoms with Crippen LogP contribution in [-0.2, 0) is 30.8 Å². The fourth-order valence-electron chi connectivity index (χ4n) is 5.63. The van der Waals surface area contributed by atoms with Gasteiger partial charge in [0.25, 0.3) is 0 Å². The van der Waals surface area contributed by atoms with Crippen molar-refractivity contribution in [3.05, 3.63) is 69.5 Å². The third-order valence-electron chi connectivity index (χ3n) is 7.45. The van der Waals surface area contributed by atoms with Crippen LogP contribution in [0.3, 0.4) is 0 Å². The highest BCUT2D eigenvalue weighted by molar-refractivity contribution is 7.92. The number of methoxy groups -OCH3 is 1. The van der Waals surface area contributed by atoms with Crippen molar-refractivity contribution in [2.75, 3.05) is 24.3 Å². The van der Waals surface area contributed by atoms with Crippen molar-refractivity contribution in [1.82, 2.24) is 0 Å². The van der Waals surface area contributed by atoms with E-state index in [0.29, 0.717) is 67.6 Å². The highest BCUT2D eigenvalue weighted by atomic mass is 35.5. The minimum Gasteiger partial charge on any atom is -0.493 e. The molecule has 0 aromatic heterocycles. The molecular formula is C33H39ClFNO6S. The van der Waals surface area contributed by atoms with Gasteiger partial charge in [-0.1, -0.05) is 37.1 Å². The Morgan fingerprint density at radius 1 is 1.09 bits per heavy atom. The summed E-state index contributed by atoms with van der Waals surface area (Å²) in [7, 11) is -2.56. The number of unbranched alkanes of at least 4 members (excludes halogenated alkanes) is 1. The van der Waals surface area contributed by atoms with Crippen LogP contribution in [0.4, 0.5) is 10.1 Å². The van der Waals surface area contributed by atoms with Crippen LogP contribution in [0.5, 0.6) is 5.75 Å². The SMILES string of the molecule is CCCCOc1cc(Cl)ccc1-c1c(C)c2c(c(C)c1[C@H](OC(C)(C)C)C(=O)OC)N(S(C)(=O)=O)Cc1cccc(F)c1-2. The molecule has 0 fully saturated rings. The Kier molecular flexibility index (Phi) is 9.50. The number of nitrogens with zero attached hydrogens (tertiary/aromatic N) is 1. The number of hydrogen-bond donors (Lipinski definition) is 0. The lowest BCUT2D eigenvalue weighted by molar-refractivity contribution is -0.164. The summed E-state index contributed by atoms with van der Waals surface area (Å²) in [5.74, 6) is -0.651. The number of fused-ring (bicyclic) bond motifs is 3. The molecule has 1 aliphatic rings. The van der Waals surface area contributed by atoms with Crippen molar-refractivity contribution in [3.8, 4) is 28.0 Å². The number of carbonyl (C=O) groups is 1. The summed E-state index contributed by atoms with van der Waals surface area (Å²) < 4.78 is 61.3. The maximum absolute atomic E-state index is 15.7. The number of hydrogen-bond acceptors (Lipinski definition) is 6. The van der Waals surface area contributed by atoms with Gasteiger partial charge in [0.15, 0.2) is 6.10 Å². The summed E-state index contributed by atoms with van der Waals surface area (Å²) in [6.07, 6.45) is 1.60. The molecule has 0 unspecified atom stereocenters. The first-order valence-corrected chi connectivity index (χ1v) is 16.4. The molecular weight excluding hydrogens is 593 g/mol. The van der Waals surface area contributed by atoms with Crippen molar-refractivity contribution >= 4 is 33.3 Å². The van der Waals surface area contributed by atoms with Gasteiger partial charge in [-0.2, -0.15) is 0 Å². The smallest absolute Gasteiger partial charge is 0.339 e. The number of carbonyl (C=O) groups excluding carboxylic acids is 1. The second kappa shape index (κ2) is 12.5. The van der Waals surface area contributed by atoms with E-state index in [1.54, 1.807) is 44.2 Å². The molecule has 232 valence electrons. The van der Waals surface area contributed by atoms with Gasteiger partial charge in [-0.15, -0.1) is 0 Å².